The van der Waals surface area contributed by atoms with E-state index in [0.717, 1.165) is 53.9 Å². The van der Waals surface area contributed by atoms with Crippen LogP contribution in [0.25, 0.3) is 10.9 Å². The molecule has 0 unspecified atom stereocenters. The number of benzene rings is 2. The van der Waals surface area contributed by atoms with Crippen molar-refractivity contribution in [2.75, 3.05) is 44.5 Å². The number of aromatic nitrogens is 1. The third-order valence-electron chi connectivity index (χ3n) is 6.69. The number of nitrogens with zero attached hydrogens (tertiary/aromatic N) is 3. The molecular weight excluding hydrogens is 431 g/mol. The first-order chi connectivity index (χ1) is 16.3. The average molecular weight is 465 g/mol. The Balaban J connectivity index is 1.41. The van der Waals surface area contributed by atoms with Crippen LogP contribution in [-0.2, 0) is 11.2 Å². The number of hydrogen-bond acceptors (Lipinski definition) is 5. The molecule has 1 aliphatic heterocycles. The molecule has 1 amide bonds. The summed E-state index contributed by atoms with van der Waals surface area (Å²) in [6.45, 7) is 4.09. The van der Waals surface area contributed by atoms with Gasteiger partial charge in [0.05, 0.1) is 12.6 Å². The second-order valence-corrected chi connectivity index (χ2v) is 9.22. The highest BCUT2D eigenvalue weighted by Gasteiger charge is 2.22. The quantitative estimate of drug-likeness (QED) is 0.545. The van der Waals surface area contributed by atoms with Gasteiger partial charge in [-0.05, 0) is 81.7 Å². The van der Waals surface area contributed by atoms with E-state index in [-0.39, 0.29) is 18.1 Å². The lowest BCUT2D eigenvalue weighted by atomic mass is 10.0. The van der Waals surface area contributed by atoms with E-state index < -0.39 is 0 Å². The van der Waals surface area contributed by atoms with Crippen molar-refractivity contribution in [2.24, 2.45) is 0 Å². The van der Waals surface area contributed by atoms with Gasteiger partial charge in [-0.25, -0.2) is 9.37 Å². The number of piperidine rings is 1. The van der Waals surface area contributed by atoms with E-state index in [1.165, 1.54) is 13.2 Å². The molecule has 1 N–H and O–H groups in total. The Hall–Kier alpha value is -3.19. The Morgan fingerprint density at radius 3 is 2.62 bits per heavy atom. The molecule has 0 radical (unpaired) electrons. The largest absolute Gasteiger partial charge is 0.497 e. The minimum Gasteiger partial charge on any atom is -0.497 e. The van der Waals surface area contributed by atoms with E-state index in [9.17, 15) is 9.18 Å². The van der Waals surface area contributed by atoms with E-state index in [4.69, 9.17) is 9.72 Å². The zero-order valence-electron chi connectivity index (χ0n) is 20.4. The number of aryl methyl sites for hydroxylation is 2. The lowest BCUT2D eigenvalue weighted by molar-refractivity contribution is -0.116. The van der Waals surface area contributed by atoms with Crippen LogP contribution >= 0.6 is 0 Å². The summed E-state index contributed by atoms with van der Waals surface area (Å²) in [6, 6.07) is 13.3. The Morgan fingerprint density at radius 2 is 1.94 bits per heavy atom. The van der Waals surface area contributed by atoms with Crippen LogP contribution in [0.3, 0.4) is 0 Å². The fourth-order valence-corrected chi connectivity index (χ4v) is 4.56. The number of carbonyl (C=O) groups is 1. The standard InChI is InChI=1S/C27H33FN4O2/c1-18-15-26(32-13-11-21(12-14-32)31(2)3)30-25-9-7-20(16-23(18)25)29-27(33)10-6-19-5-8-22(34-4)17-24(19)28/h5,7-9,15-17,21H,6,10-14H2,1-4H3,(H,29,33). The Morgan fingerprint density at radius 1 is 1.18 bits per heavy atom. The summed E-state index contributed by atoms with van der Waals surface area (Å²) < 4.78 is 19.2. The van der Waals surface area contributed by atoms with Crippen LogP contribution in [0.5, 0.6) is 5.75 Å². The molecule has 0 bridgehead atoms. The zero-order valence-corrected chi connectivity index (χ0v) is 20.4. The Bertz CT molecular complexity index is 1170. The van der Waals surface area contributed by atoms with Crippen molar-refractivity contribution in [3.63, 3.8) is 0 Å². The number of ether oxygens (including phenoxy) is 1. The number of rotatable bonds is 7. The number of anilines is 2. The maximum Gasteiger partial charge on any atom is 0.224 e. The van der Waals surface area contributed by atoms with Gasteiger partial charge < -0.3 is 19.9 Å². The van der Waals surface area contributed by atoms with Crippen molar-refractivity contribution in [1.29, 1.82) is 0 Å². The Kier molecular flexibility index (Phi) is 7.32. The molecule has 2 heterocycles. The van der Waals surface area contributed by atoms with Crippen molar-refractivity contribution < 1.29 is 13.9 Å². The predicted molar refractivity (Wildman–Crippen MR) is 135 cm³/mol. The Labute approximate surface area is 200 Å². The molecular formula is C27H33FN4O2. The van der Waals surface area contributed by atoms with Crippen LogP contribution in [0.4, 0.5) is 15.9 Å². The van der Waals surface area contributed by atoms with Crippen LogP contribution in [0.15, 0.2) is 42.5 Å². The molecule has 7 heteroatoms. The summed E-state index contributed by atoms with van der Waals surface area (Å²) >= 11 is 0. The van der Waals surface area contributed by atoms with Crippen LogP contribution in [-0.4, -0.2) is 56.1 Å². The lowest BCUT2D eigenvalue weighted by Crippen LogP contribution is -2.42. The summed E-state index contributed by atoms with van der Waals surface area (Å²) in [6.07, 6.45) is 2.79. The van der Waals surface area contributed by atoms with Gasteiger partial charge in [-0.2, -0.15) is 0 Å². The molecule has 180 valence electrons. The van der Waals surface area contributed by atoms with Gasteiger partial charge in [0, 0.05) is 42.7 Å². The molecule has 1 fully saturated rings. The number of halogens is 1. The summed E-state index contributed by atoms with van der Waals surface area (Å²) in [5.41, 5.74) is 3.27. The van der Waals surface area contributed by atoms with Crippen molar-refractivity contribution in [1.82, 2.24) is 9.88 Å². The smallest absolute Gasteiger partial charge is 0.224 e. The van der Waals surface area contributed by atoms with E-state index >= 15 is 0 Å². The van der Waals surface area contributed by atoms with Gasteiger partial charge in [-0.3, -0.25) is 4.79 Å². The van der Waals surface area contributed by atoms with Gasteiger partial charge in [0.2, 0.25) is 5.91 Å². The molecule has 2 aromatic carbocycles. The SMILES string of the molecule is COc1ccc(CCC(=O)Nc2ccc3nc(N4CCC(N(C)C)CC4)cc(C)c3c2)c(F)c1. The second kappa shape index (κ2) is 10.4. The fraction of sp³-hybridized carbons (Fsp3) is 0.407. The van der Waals surface area contributed by atoms with Gasteiger partial charge in [-0.15, -0.1) is 0 Å². The lowest BCUT2D eigenvalue weighted by Gasteiger charge is -2.36. The van der Waals surface area contributed by atoms with Gasteiger partial charge in [-0.1, -0.05) is 6.07 Å². The highest BCUT2D eigenvalue weighted by molar-refractivity contribution is 5.94. The molecule has 0 atom stereocenters. The van der Waals surface area contributed by atoms with E-state index in [2.05, 4.69) is 42.2 Å². The molecule has 0 spiro atoms. The minimum atomic E-state index is -0.360. The molecule has 3 aromatic rings. The van der Waals surface area contributed by atoms with E-state index in [1.807, 2.05) is 18.2 Å². The summed E-state index contributed by atoms with van der Waals surface area (Å²) in [5.74, 6) is 0.967. The predicted octanol–water partition coefficient (Wildman–Crippen LogP) is 4.79. The molecule has 1 saturated heterocycles. The first-order valence-electron chi connectivity index (χ1n) is 11.8. The number of methoxy groups -OCH3 is 1. The van der Waals surface area contributed by atoms with Gasteiger partial charge >= 0.3 is 0 Å². The molecule has 1 aliphatic rings. The topological polar surface area (TPSA) is 57.7 Å². The summed E-state index contributed by atoms with van der Waals surface area (Å²) in [5, 5.41) is 3.96. The average Bonchev–Trinajstić information content (AvgIpc) is 2.83. The maximum absolute atomic E-state index is 14.1. The van der Waals surface area contributed by atoms with Gasteiger partial charge in [0.25, 0.3) is 0 Å². The first kappa shape index (κ1) is 24.0. The van der Waals surface area contributed by atoms with Crippen LogP contribution in [0, 0.1) is 12.7 Å². The zero-order chi connectivity index (χ0) is 24.2. The van der Waals surface area contributed by atoms with Gasteiger partial charge in [0.1, 0.15) is 17.4 Å². The van der Waals surface area contributed by atoms with Crippen molar-refractivity contribution in [3.8, 4) is 5.75 Å². The molecule has 4 rings (SSSR count). The van der Waals surface area contributed by atoms with Crippen LogP contribution in [0.1, 0.15) is 30.4 Å². The van der Waals surface area contributed by atoms with Crippen LogP contribution in [0.2, 0.25) is 0 Å². The number of nitrogens with one attached hydrogen (secondary N) is 1. The highest BCUT2D eigenvalue weighted by Crippen LogP contribution is 2.27. The molecule has 0 saturated carbocycles. The monoisotopic (exact) mass is 464 g/mol. The van der Waals surface area contributed by atoms with Crippen molar-refractivity contribution in [2.45, 2.75) is 38.6 Å². The second-order valence-electron chi connectivity index (χ2n) is 9.22. The normalized spacial score (nSPS) is 14.6. The molecule has 34 heavy (non-hydrogen) atoms. The molecule has 0 aliphatic carbocycles. The van der Waals surface area contributed by atoms with E-state index in [1.54, 1.807) is 12.1 Å². The summed E-state index contributed by atoms with van der Waals surface area (Å²) in [4.78, 5) is 22.1. The van der Waals surface area contributed by atoms with Crippen LogP contribution < -0.4 is 15.0 Å². The molecule has 1 aromatic heterocycles. The number of pyridine rings is 1. The number of carbonyl (C=O) groups excluding carboxylic acids is 1. The third-order valence-corrected chi connectivity index (χ3v) is 6.69. The first-order valence-corrected chi connectivity index (χ1v) is 11.8. The minimum absolute atomic E-state index is 0.152. The number of hydrogen-bond donors (Lipinski definition) is 1. The highest BCUT2D eigenvalue weighted by atomic mass is 19.1. The summed E-state index contributed by atoms with van der Waals surface area (Å²) in [7, 11) is 5.79. The molecule has 6 nitrogen and oxygen atoms in total. The van der Waals surface area contributed by atoms with Gasteiger partial charge in [0.15, 0.2) is 0 Å². The van der Waals surface area contributed by atoms with Crippen molar-refractivity contribution >= 4 is 28.3 Å². The fourth-order valence-electron chi connectivity index (χ4n) is 4.56. The number of amides is 1. The number of fused-ring (bicyclic) bond motifs is 1. The third kappa shape index (κ3) is 5.47. The van der Waals surface area contributed by atoms with E-state index in [0.29, 0.717) is 23.8 Å². The maximum atomic E-state index is 14.1. The van der Waals surface area contributed by atoms with Crippen molar-refractivity contribution in [3.05, 3.63) is 59.4 Å².